The van der Waals surface area contributed by atoms with Gasteiger partial charge < -0.3 is 8.83 Å². The first-order chi connectivity index (χ1) is 25.8. The predicted octanol–water partition coefficient (Wildman–Crippen LogP) is 12.0. The molecule has 0 unspecified atom stereocenters. The molecule has 0 amide bonds. The van der Waals surface area contributed by atoms with Gasteiger partial charge in [-0.1, -0.05) is 121 Å². The number of hydrogen-bond acceptors (Lipinski definition) is 5. The number of furan rings is 2. The van der Waals surface area contributed by atoms with Gasteiger partial charge in [0.2, 0.25) is 0 Å². The van der Waals surface area contributed by atoms with Gasteiger partial charge in [-0.15, -0.1) is 0 Å². The second-order valence-electron chi connectivity index (χ2n) is 13.7. The monoisotopic (exact) mass is 669 g/mol. The summed E-state index contributed by atoms with van der Waals surface area (Å²) in [7, 11) is 0. The predicted molar refractivity (Wildman–Crippen MR) is 210 cm³/mol. The molecule has 2 aliphatic carbocycles. The molecular formula is C47H31N3O2. The summed E-state index contributed by atoms with van der Waals surface area (Å²) in [5.41, 5.74) is 9.33. The highest BCUT2D eigenvalue weighted by molar-refractivity contribution is 6.10. The van der Waals surface area contributed by atoms with E-state index in [1.165, 1.54) is 21.9 Å². The number of nitrogens with zero attached hydrogens (tertiary/aromatic N) is 3. The van der Waals surface area contributed by atoms with Gasteiger partial charge in [-0.2, -0.15) is 0 Å². The molecule has 52 heavy (non-hydrogen) atoms. The highest BCUT2D eigenvalue weighted by Crippen LogP contribution is 2.42. The topological polar surface area (TPSA) is 65.0 Å². The van der Waals surface area contributed by atoms with Gasteiger partial charge in [0.25, 0.3) is 0 Å². The molecule has 0 saturated carbocycles. The quantitative estimate of drug-likeness (QED) is 0.187. The minimum absolute atomic E-state index is 0.614. The zero-order valence-corrected chi connectivity index (χ0v) is 28.3. The van der Waals surface area contributed by atoms with E-state index < -0.39 is 0 Å². The summed E-state index contributed by atoms with van der Waals surface area (Å²) in [6.45, 7) is 0. The Bertz CT molecular complexity index is 2980. The van der Waals surface area contributed by atoms with Gasteiger partial charge in [0.05, 0.1) is 5.57 Å². The largest absolute Gasteiger partial charge is 0.460 e. The van der Waals surface area contributed by atoms with Crippen LogP contribution in [-0.4, -0.2) is 15.0 Å². The molecule has 2 aliphatic rings. The summed E-state index contributed by atoms with van der Waals surface area (Å²) in [4.78, 5) is 15.7. The number of benzene rings is 6. The van der Waals surface area contributed by atoms with E-state index in [1.54, 1.807) is 0 Å². The average molecular weight is 670 g/mol. The Morgan fingerprint density at radius 3 is 2.19 bits per heavy atom. The highest BCUT2D eigenvalue weighted by atomic mass is 16.3. The van der Waals surface area contributed by atoms with Gasteiger partial charge in [-0.05, 0) is 70.1 Å². The first-order valence-electron chi connectivity index (χ1n) is 18.0. The first-order valence-corrected chi connectivity index (χ1v) is 18.0. The maximum Gasteiger partial charge on any atom is 0.167 e. The van der Waals surface area contributed by atoms with Crippen molar-refractivity contribution in [1.82, 2.24) is 15.0 Å². The van der Waals surface area contributed by atoms with Crippen LogP contribution < -0.4 is 0 Å². The molecule has 0 atom stereocenters. The number of aromatic nitrogens is 3. The van der Waals surface area contributed by atoms with Crippen LogP contribution in [0.5, 0.6) is 0 Å². The molecule has 0 spiro atoms. The van der Waals surface area contributed by atoms with Crippen molar-refractivity contribution in [3.05, 3.63) is 162 Å². The van der Waals surface area contributed by atoms with Crippen molar-refractivity contribution >= 4 is 55.1 Å². The zero-order chi connectivity index (χ0) is 34.2. The van der Waals surface area contributed by atoms with Gasteiger partial charge in [0.15, 0.2) is 17.5 Å². The standard InChI is InChI=1S/C47H31N3O2/c1-2-12-29-27-30(26-25-28(29)11-1)45-48-46(50-47(49-45)39-21-9-19-36-34-13-3-5-22-40(34)52-44(36)39)37-20-8-15-31-32(16-7-17-33(31)37)35-18-10-24-42-43(35)38-14-4-6-23-41(38)51-42/h1-5,7-8,10-18,20-22,24-27H,6,9,19,23H2. The zero-order valence-electron chi connectivity index (χ0n) is 28.3. The number of fused-ring (bicyclic) bond motifs is 8. The number of allylic oxidation sites excluding steroid dienone is 2. The van der Waals surface area contributed by atoms with Gasteiger partial charge in [0, 0.05) is 39.4 Å². The molecule has 0 aliphatic heterocycles. The summed E-state index contributed by atoms with van der Waals surface area (Å²) in [6.07, 6.45) is 10.4. The summed E-state index contributed by atoms with van der Waals surface area (Å²) in [5, 5.41) is 6.84. The Labute approximate surface area is 299 Å². The lowest BCUT2D eigenvalue weighted by molar-refractivity contribution is 0.546. The number of para-hydroxylation sites is 1. The van der Waals surface area contributed by atoms with Crippen LogP contribution in [0.4, 0.5) is 0 Å². The van der Waals surface area contributed by atoms with Crippen molar-refractivity contribution in [2.24, 2.45) is 0 Å². The third kappa shape index (κ3) is 4.52. The van der Waals surface area contributed by atoms with Gasteiger partial charge >= 0.3 is 0 Å². The van der Waals surface area contributed by atoms with Crippen LogP contribution >= 0.6 is 0 Å². The summed E-state index contributed by atoms with van der Waals surface area (Å²) in [5.74, 6) is 3.78. The summed E-state index contributed by atoms with van der Waals surface area (Å²) < 4.78 is 12.9. The molecule has 5 nitrogen and oxygen atoms in total. The fourth-order valence-electron chi connectivity index (χ4n) is 8.25. The van der Waals surface area contributed by atoms with Crippen LogP contribution in [0, 0.1) is 0 Å². The molecule has 0 N–H and O–H groups in total. The fourth-order valence-corrected chi connectivity index (χ4v) is 8.25. The average Bonchev–Trinajstić information content (AvgIpc) is 3.79. The molecule has 0 bridgehead atoms. The van der Waals surface area contributed by atoms with Crippen LogP contribution in [0.2, 0.25) is 0 Å². The van der Waals surface area contributed by atoms with Crippen molar-refractivity contribution in [2.45, 2.75) is 25.7 Å². The normalized spacial score (nSPS) is 13.9. The van der Waals surface area contributed by atoms with Crippen LogP contribution in [0.25, 0.3) is 89.0 Å². The second kappa shape index (κ2) is 11.5. The Kier molecular flexibility index (Phi) is 6.44. The van der Waals surface area contributed by atoms with E-state index in [1.807, 2.05) is 12.1 Å². The fraction of sp³-hybridized carbons (Fsp3) is 0.0851. The lowest BCUT2D eigenvalue weighted by Gasteiger charge is -2.15. The molecule has 9 aromatic rings. The van der Waals surface area contributed by atoms with E-state index in [4.69, 9.17) is 23.8 Å². The lowest BCUT2D eigenvalue weighted by Crippen LogP contribution is -2.06. The van der Waals surface area contributed by atoms with Crippen molar-refractivity contribution in [1.29, 1.82) is 0 Å². The van der Waals surface area contributed by atoms with Gasteiger partial charge in [0.1, 0.15) is 22.7 Å². The van der Waals surface area contributed by atoms with Crippen LogP contribution in [-0.2, 0) is 12.8 Å². The lowest BCUT2D eigenvalue weighted by atomic mass is 9.91. The molecule has 246 valence electrons. The second-order valence-corrected chi connectivity index (χ2v) is 13.7. The van der Waals surface area contributed by atoms with E-state index in [0.717, 1.165) is 97.7 Å². The Morgan fingerprint density at radius 1 is 0.519 bits per heavy atom. The van der Waals surface area contributed by atoms with E-state index in [2.05, 4.69) is 127 Å². The van der Waals surface area contributed by atoms with E-state index in [-0.39, 0.29) is 0 Å². The number of aryl methyl sites for hydroxylation is 2. The maximum atomic E-state index is 6.53. The summed E-state index contributed by atoms with van der Waals surface area (Å²) >= 11 is 0. The van der Waals surface area contributed by atoms with Gasteiger partial charge in [-0.25, -0.2) is 15.0 Å². The number of hydrogen-bond donors (Lipinski definition) is 0. The van der Waals surface area contributed by atoms with Gasteiger partial charge in [-0.3, -0.25) is 0 Å². The SMILES string of the molecule is C1=Cc2c(oc3cccc(-c4cccc5c(-c6nc(C7=CCCc8c7oc7ccccc87)nc(-c7ccc8ccccc8c7)n6)cccc45)c23)CC1. The van der Waals surface area contributed by atoms with Crippen molar-refractivity contribution in [3.8, 4) is 33.9 Å². The molecular weight excluding hydrogens is 639 g/mol. The Hall–Kier alpha value is -6.59. The molecule has 0 radical (unpaired) electrons. The molecule has 3 heterocycles. The first kappa shape index (κ1) is 29.2. The minimum Gasteiger partial charge on any atom is -0.460 e. The third-order valence-corrected chi connectivity index (χ3v) is 10.7. The Balaban J connectivity index is 1.13. The summed E-state index contributed by atoms with van der Waals surface area (Å²) in [6, 6.07) is 42.4. The molecule has 5 heteroatoms. The Morgan fingerprint density at radius 2 is 1.25 bits per heavy atom. The third-order valence-electron chi connectivity index (χ3n) is 10.7. The highest BCUT2D eigenvalue weighted by Gasteiger charge is 2.26. The van der Waals surface area contributed by atoms with Crippen LogP contribution in [0.1, 0.15) is 41.3 Å². The van der Waals surface area contributed by atoms with E-state index in [9.17, 15) is 0 Å². The molecule has 0 saturated heterocycles. The van der Waals surface area contributed by atoms with Crippen LogP contribution in [0.15, 0.2) is 142 Å². The molecule has 6 aromatic carbocycles. The molecule has 3 aromatic heterocycles. The van der Waals surface area contributed by atoms with Crippen molar-refractivity contribution in [3.63, 3.8) is 0 Å². The van der Waals surface area contributed by atoms with Crippen molar-refractivity contribution in [2.75, 3.05) is 0 Å². The molecule has 11 rings (SSSR count). The van der Waals surface area contributed by atoms with Crippen LogP contribution in [0.3, 0.4) is 0 Å². The smallest absolute Gasteiger partial charge is 0.167 e. The van der Waals surface area contributed by atoms with Crippen molar-refractivity contribution < 1.29 is 8.83 Å². The minimum atomic E-state index is 0.614. The van der Waals surface area contributed by atoms with E-state index in [0.29, 0.717) is 17.5 Å². The van der Waals surface area contributed by atoms with E-state index >= 15 is 0 Å². The number of rotatable bonds is 4. The maximum absolute atomic E-state index is 6.53. The molecule has 0 fully saturated rings.